The zero-order valence-electron chi connectivity index (χ0n) is 21.8. The summed E-state index contributed by atoms with van der Waals surface area (Å²) < 4.78 is 6.27. The number of fused-ring (bicyclic) bond motifs is 7. The van der Waals surface area contributed by atoms with E-state index in [1.54, 1.807) is 17.2 Å². The Balaban J connectivity index is 2.00. The van der Waals surface area contributed by atoms with E-state index in [2.05, 4.69) is 24.5 Å². The van der Waals surface area contributed by atoms with E-state index in [9.17, 15) is 14.4 Å². The fourth-order valence-corrected chi connectivity index (χ4v) is 4.89. The number of benzene rings is 1. The van der Waals surface area contributed by atoms with Gasteiger partial charge in [0, 0.05) is 19.2 Å². The Labute approximate surface area is 209 Å². The van der Waals surface area contributed by atoms with Crippen LogP contribution in [0.5, 0.6) is 5.75 Å². The molecule has 6 atom stereocenters. The van der Waals surface area contributed by atoms with Crippen LogP contribution in [-0.2, 0) is 14.4 Å². The Morgan fingerprint density at radius 2 is 1.80 bits per heavy atom. The van der Waals surface area contributed by atoms with Gasteiger partial charge in [0.1, 0.15) is 23.9 Å². The fourth-order valence-electron chi connectivity index (χ4n) is 4.89. The Hall–Kier alpha value is -2.87. The molecule has 35 heavy (non-hydrogen) atoms. The minimum Gasteiger partial charge on any atom is -0.488 e. The van der Waals surface area contributed by atoms with Crippen molar-refractivity contribution in [2.45, 2.75) is 71.2 Å². The molecule has 4 rings (SSSR count). The largest absolute Gasteiger partial charge is 0.488 e. The third kappa shape index (κ3) is 6.04. The summed E-state index contributed by atoms with van der Waals surface area (Å²) in [6.07, 6.45) is 4.98. The number of amides is 3. The number of ether oxygens (including phenoxy) is 1. The van der Waals surface area contributed by atoms with Gasteiger partial charge in [0.2, 0.25) is 17.7 Å². The van der Waals surface area contributed by atoms with E-state index in [0.29, 0.717) is 25.1 Å². The number of rotatable bonds is 6. The fraction of sp³-hybridized carbons (Fsp3) is 0.593. The smallest absolute Gasteiger partial charge is 0.247 e. The van der Waals surface area contributed by atoms with Crippen LogP contribution in [0.25, 0.3) is 6.08 Å². The number of hydrogen-bond donors (Lipinski definition) is 2. The van der Waals surface area contributed by atoms with Crippen molar-refractivity contribution in [3.63, 3.8) is 0 Å². The summed E-state index contributed by atoms with van der Waals surface area (Å²) in [5.41, 5.74) is 0.918. The van der Waals surface area contributed by atoms with Gasteiger partial charge >= 0.3 is 0 Å². The summed E-state index contributed by atoms with van der Waals surface area (Å²) in [7, 11) is 3.79. The maximum Gasteiger partial charge on any atom is 0.247 e. The van der Waals surface area contributed by atoms with Crippen molar-refractivity contribution < 1.29 is 19.1 Å². The van der Waals surface area contributed by atoms with Crippen LogP contribution in [0.15, 0.2) is 30.5 Å². The predicted octanol–water partition coefficient (Wildman–Crippen LogP) is 2.64. The van der Waals surface area contributed by atoms with Crippen molar-refractivity contribution in [2.75, 3.05) is 20.6 Å². The maximum atomic E-state index is 13.8. The highest BCUT2D eigenvalue weighted by atomic mass is 16.5. The summed E-state index contributed by atoms with van der Waals surface area (Å²) in [5, 5.41) is 5.76. The van der Waals surface area contributed by atoms with Gasteiger partial charge in [0.15, 0.2) is 0 Å². The second-order valence-electron chi connectivity index (χ2n) is 10.00. The Morgan fingerprint density at radius 3 is 2.40 bits per heavy atom. The highest BCUT2D eigenvalue weighted by Gasteiger charge is 2.47. The first-order chi connectivity index (χ1) is 16.7. The SMILES string of the molecule is CCC(C)[C@@H]1NC(=O)[C@@H]2[C@H](CCN2C(=O)[C@H](C(C)CC)N(C)C)Oc2ccc(cc2)/C=C\NC1=O. The Kier molecular flexibility index (Phi) is 8.94. The van der Waals surface area contributed by atoms with E-state index in [0.717, 1.165) is 12.0 Å². The standard InChI is InChI=1S/C27H40N4O4/c1-7-17(3)22-25(32)28-15-13-19-9-11-20(12-10-19)35-21-14-16-31(24(21)26(33)29-22)27(34)23(30(5)6)18(4)8-2/h9-13,15,17-18,21-24H,7-8,14,16H2,1-6H3,(H,28,32)(H,29,33)/b15-13-/t17?,18?,21-,22-,23-,24-/m0/s1. The lowest BCUT2D eigenvalue weighted by molar-refractivity contribution is -0.145. The Bertz CT molecular complexity index is 930. The van der Waals surface area contributed by atoms with E-state index < -0.39 is 18.2 Å². The quantitative estimate of drug-likeness (QED) is 0.648. The van der Waals surface area contributed by atoms with Crippen LogP contribution < -0.4 is 15.4 Å². The van der Waals surface area contributed by atoms with Gasteiger partial charge in [-0.15, -0.1) is 0 Å². The predicted molar refractivity (Wildman–Crippen MR) is 136 cm³/mol. The lowest BCUT2D eigenvalue weighted by Gasteiger charge is -2.36. The Morgan fingerprint density at radius 1 is 1.11 bits per heavy atom. The van der Waals surface area contributed by atoms with Gasteiger partial charge in [-0.1, -0.05) is 52.7 Å². The third-order valence-electron chi connectivity index (χ3n) is 7.35. The molecule has 0 saturated carbocycles. The van der Waals surface area contributed by atoms with Crippen molar-refractivity contribution in [1.29, 1.82) is 0 Å². The molecule has 3 aliphatic rings. The van der Waals surface area contributed by atoms with Crippen LogP contribution in [-0.4, -0.2) is 72.4 Å². The molecule has 3 heterocycles. The summed E-state index contributed by atoms with van der Waals surface area (Å²) >= 11 is 0. The van der Waals surface area contributed by atoms with E-state index in [1.165, 1.54) is 0 Å². The summed E-state index contributed by atoms with van der Waals surface area (Å²) in [4.78, 5) is 44.1. The molecule has 1 fully saturated rings. The summed E-state index contributed by atoms with van der Waals surface area (Å²) in [6.45, 7) is 8.45. The highest BCUT2D eigenvalue weighted by molar-refractivity contribution is 5.94. The van der Waals surface area contributed by atoms with E-state index in [1.807, 2.05) is 57.1 Å². The molecular formula is C27H40N4O4. The molecule has 192 valence electrons. The van der Waals surface area contributed by atoms with Crippen molar-refractivity contribution in [1.82, 2.24) is 20.4 Å². The number of nitrogens with one attached hydrogen (secondary N) is 2. The third-order valence-corrected chi connectivity index (χ3v) is 7.35. The lowest BCUT2D eigenvalue weighted by atomic mass is 9.96. The van der Waals surface area contributed by atoms with E-state index >= 15 is 0 Å². The molecule has 1 aromatic rings. The zero-order valence-corrected chi connectivity index (χ0v) is 21.8. The number of hydrogen-bond acceptors (Lipinski definition) is 5. The van der Waals surface area contributed by atoms with Gasteiger partial charge in [-0.2, -0.15) is 0 Å². The molecule has 0 aromatic heterocycles. The molecule has 0 aliphatic carbocycles. The normalized spacial score (nSPS) is 26.1. The monoisotopic (exact) mass is 484 g/mol. The number of likely N-dealkylation sites (tertiary alicyclic amines) is 1. The van der Waals surface area contributed by atoms with Crippen LogP contribution in [0.4, 0.5) is 0 Å². The van der Waals surface area contributed by atoms with Crippen LogP contribution >= 0.6 is 0 Å². The van der Waals surface area contributed by atoms with Crippen molar-refractivity contribution in [3.05, 3.63) is 36.0 Å². The van der Waals surface area contributed by atoms with Gasteiger partial charge in [-0.05, 0) is 49.7 Å². The highest BCUT2D eigenvalue weighted by Crippen LogP contribution is 2.28. The van der Waals surface area contributed by atoms with Crippen molar-refractivity contribution in [3.8, 4) is 5.75 Å². The number of carbonyl (C=O) groups excluding carboxylic acids is 3. The van der Waals surface area contributed by atoms with Crippen LogP contribution in [0.2, 0.25) is 0 Å². The van der Waals surface area contributed by atoms with Crippen molar-refractivity contribution >= 4 is 23.8 Å². The minimum atomic E-state index is -0.827. The topological polar surface area (TPSA) is 91.0 Å². The molecule has 1 aromatic carbocycles. The average Bonchev–Trinajstić information content (AvgIpc) is 3.25. The molecule has 3 amide bonds. The first-order valence-electron chi connectivity index (χ1n) is 12.7. The van der Waals surface area contributed by atoms with E-state index in [4.69, 9.17) is 4.74 Å². The second kappa shape index (κ2) is 11.7. The summed E-state index contributed by atoms with van der Waals surface area (Å²) in [5.74, 6) is -0.0445. The van der Waals surface area contributed by atoms with Gasteiger partial charge in [0.25, 0.3) is 0 Å². The zero-order chi connectivity index (χ0) is 25.7. The molecule has 8 nitrogen and oxygen atoms in total. The van der Waals surface area contributed by atoms with E-state index in [-0.39, 0.29) is 35.6 Å². The van der Waals surface area contributed by atoms with Gasteiger partial charge in [-0.25, -0.2) is 0 Å². The molecule has 8 heteroatoms. The minimum absolute atomic E-state index is 0.0838. The van der Waals surface area contributed by atoms with Crippen LogP contribution in [0, 0.1) is 11.8 Å². The maximum absolute atomic E-state index is 13.8. The number of likely N-dealkylation sites (N-methyl/N-ethyl adjacent to an activating group) is 1. The van der Waals surface area contributed by atoms with Crippen LogP contribution in [0.1, 0.15) is 52.5 Å². The second-order valence-corrected chi connectivity index (χ2v) is 10.00. The van der Waals surface area contributed by atoms with Crippen molar-refractivity contribution in [2.24, 2.45) is 11.8 Å². The molecule has 2 N–H and O–H groups in total. The van der Waals surface area contributed by atoms with Gasteiger partial charge in [0.05, 0.1) is 6.04 Å². The average molecular weight is 485 g/mol. The molecule has 2 bridgehead atoms. The molecule has 0 radical (unpaired) electrons. The molecule has 3 aliphatic heterocycles. The molecule has 2 unspecified atom stereocenters. The summed E-state index contributed by atoms with van der Waals surface area (Å²) in [6, 6.07) is 5.58. The number of carbonyl (C=O) groups is 3. The number of nitrogens with zero attached hydrogens (tertiary/aromatic N) is 2. The lowest BCUT2D eigenvalue weighted by Crippen LogP contribution is -2.60. The first-order valence-corrected chi connectivity index (χ1v) is 12.7. The van der Waals surface area contributed by atoms with Gasteiger partial charge < -0.3 is 20.3 Å². The first kappa shape index (κ1) is 26.7. The molecular weight excluding hydrogens is 444 g/mol. The molecule has 1 saturated heterocycles. The molecule has 0 spiro atoms. The van der Waals surface area contributed by atoms with Gasteiger partial charge in [-0.3, -0.25) is 19.3 Å². The van der Waals surface area contributed by atoms with Crippen LogP contribution in [0.3, 0.4) is 0 Å².